The van der Waals surface area contributed by atoms with Gasteiger partial charge in [0.05, 0.1) is 17.3 Å². The minimum Gasteiger partial charge on any atom is -0.344 e. The molecule has 0 saturated carbocycles. The quantitative estimate of drug-likeness (QED) is 0.517. The first-order valence-corrected chi connectivity index (χ1v) is 8.20. The summed E-state index contributed by atoms with van der Waals surface area (Å²) in [6.07, 6.45) is 5.12. The Balaban J connectivity index is 2.31. The number of carbonyl (C=O) groups excluding carboxylic acids is 1. The Hall–Kier alpha value is -1.78. The Morgan fingerprint density at radius 1 is 1.67 bits per heavy atom. The summed E-state index contributed by atoms with van der Waals surface area (Å²) in [6, 6.07) is 1.81. The van der Waals surface area contributed by atoms with Gasteiger partial charge >= 0.3 is 0 Å². The Labute approximate surface area is 130 Å². The van der Waals surface area contributed by atoms with Crippen LogP contribution in [0.15, 0.2) is 21.4 Å². The predicted octanol–water partition coefficient (Wildman–Crippen LogP) is 1.71. The summed E-state index contributed by atoms with van der Waals surface area (Å²) in [5.74, 6) is 2.19. The molecule has 0 bridgehead atoms. The highest BCUT2D eigenvalue weighted by atomic mass is 32.2. The number of carbonyl (C=O) groups is 1. The first-order chi connectivity index (χ1) is 10.1. The molecule has 0 saturated heterocycles. The third-order valence-corrected chi connectivity index (χ3v) is 4.84. The summed E-state index contributed by atoms with van der Waals surface area (Å²) in [7, 11) is 0. The Bertz CT molecular complexity index is 758. The van der Waals surface area contributed by atoms with Crippen LogP contribution in [0.1, 0.15) is 13.8 Å². The molecule has 2 heterocycles. The van der Waals surface area contributed by atoms with Gasteiger partial charge in [0, 0.05) is 6.54 Å². The third-order valence-electron chi connectivity index (χ3n) is 2.86. The average Bonchev–Trinajstić information content (AvgIpc) is 2.93. The van der Waals surface area contributed by atoms with Crippen LogP contribution in [0, 0.1) is 12.3 Å². The molecule has 5 nitrogen and oxygen atoms in total. The number of nitrogens with one attached hydrogen (secondary N) is 1. The van der Waals surface area contributed by atoms with Crippen molar-refractivity contribution in [2.45, 2.75) is 30.8 Å². The monoisotopic (exact) mass is 321 g/mol. The molecule has 110 valence electrons. The number of aromatic nitrogens is 2. The second kappa shape index (κ2) is 6.78. The molecular weight excluding hydrogens is 306 g/mol. The summed E-state index contributed by atoms with van der Waals surface area (Å²) in [4.78, 5) is 28.7. The fraction of sp³-hybridized carbons (Fsp3) is 0.357. The molecular formula is C14H15N3O2S2. The van der Waals surface area contributed by atoms with Gasteiger partial charge in [-0.25, -0.2) is 4.98 Å². The lowest BCUT2D eigenvalue weighted by Gasteiger charge is -2.13. The van der Waals surface area contributed by atoms with Crippen LogP contribution in [0.3, 0.4) is 0 Å². The fourth-order valence-corrected chi connectivity index (χ4v) is 3.56. The molecule has 21 heavy (non-hydrogen) atoms. The smallest absolute Gasteiger partial charge is 0.272 e. The second-order valence-electron chi connectivity index (χ2n) is 4.26. The molecule has 0 aliphatic heterocycles. The number of nitrogens with zero attached hydrogens (tertiary/aromatic N) is 2. The van der Waals surface area contributed by atoms with Crippen molar-refractivity contribution >= 4 is 39.2 Å². The number of thiophene rings is 1. The van der Waals surface area contributed by atoms with E-state index in [9.17, 15) is 9.59 Å². The number of hydrogen-bond donors (Lipinski definition) is 1. The van der Waals surface area contributed by atoms with Crippen molar-refractivity contribution in [2.24, 2.45) is 0 Å². The molecule has 0 aliphatic carbocycles. The van der Waals surface area contributed by atoms with Crippen LogP contribution >= 0.6 is 23.1 Å². The van der Waals surface area contributed by atoms with Crippen LogP contribution in [0.4, 0.5) is 0 Å². The number of terminal acetylenes is 1. The van der Waals surface area contributed by atoms with Gasteiger partial charge in [0.15, 0.2) is 5.16 Å². The van der Waals surface area contributed by atoms with Crippen molar-refractivity contribution in [3.05, 3.63) is 21.8 Å². The predicted molar refractivity (Wildman–Crippen MR) is 86.7 cm³/mol. The van der Waals surface area contributed by atoms with Crippen LogP contribution in [0.5, 0.6) is 0 Å². The van der Waals surface area contributed by atoms with E-state index >= 15 is 0 Å². The van der Waals surface area contributed by atoms with Gasteiger partial charge < -0.3 is 5.32 Å². The molecule has 2 aromatic rings. The largest absolute Gasteiger partial charge is 0.344 e. The zero-order valence-electron chi connectivity index (χ0n) is 11.8. The maximum absolute atomic E-state index is 12.4. The molecule has 0 fully saturated rings. The third kappa shape index (κ3) is 3.28. The van der Waals surface area contributed by atoms with Gasteiger partial charge in [0.1, 0.15) is 4.70 Å². The van der Waals surface area contributed by atoms with Gasteiger partial charge in [-0.05, 0) is 25.3 Å². The number of fused-ring (bicyclic) bond motifs is 1. The van der Waals surface area contributed by atoms with Gasteiger partial charge in [-0.1, -0.05) is 17.7 Å². The minimum absolute atomic E-state index is 0.0590. The average molecular weight is 321 g/mol. The van der Waals surface area contributed by atoms with E-state index in [-0.39, 0.29) is 23.3 Å². The molecule has 0 aliphatic rings. The summed E-state index contributed by atoms with van der Waals surface area (Å²) in [5.41, 5.74) is 0.615. The van der Waals surface area contributed by atoms with Crippen molar-refractivity contribution in [3.8, 4) is 12.3 Å². The first-order valence-electron chi connectivity index (χ1n) is 6.44. The van der Waals surface area contributed by atoms with Crippen LogP contribution in [0.2, 0.25) is 0 Å². The molecule has 2 aromatic heterocycles. The Morgan fingerprint density at radius 2 is 2.43 bits per heavy atom. The lowest BCUT2D eigenvalue weighted by atomic mass is 10.4. The molecule has 1 amide bonds. The molecule has 0 radical (unpaired) electrons. The van der Waals surface area contributed by atoms with Gasteiger partial charge in [-0.2, -0.15) is 0 Å². The number of amides is 1. The van der Waals surface area contributed by atoms with E-state index in [0.717, 1.165) is 0 Å². The molecule has 7 heteroatoms. The highest BCUT2D eigenvalue weighted by Gasteiger charge is 2.18. The lowest BCUT2D eigenvalue weighted by molar-refractivity contribution is -0.120. The van der Waals surface area contributed by atoms with E-state index in [1.165, 1.54) is 23.1 Å². The molecule has 1 N–H and O–H groups in total. The van der Waals surface area contributed by atoms with E-state index in [1.54, 1.807) is 11.5 Å². The minimum atomic E-state index is -0.376. The number of hydrogen-bond acceptors (Lipinski definition) is 5. The van der Waals surface area contributed by atoms with Crippen molar-refractivity contribution in [3.63, 3.8) is 0 Å². The van der Waals surface area contributed by atoms with Crippen LogP contribution in [-0.2, 0) is 11.3 Å². The highest BCUT2D eigenvalue weighted by Crippen LogP contribution is 2.24. The van der Waals surface area contributed by atoms with Gasteiger partial charge in [0.25, 0.3) is 5.56 Å². The second-order valence-corrected chi connectivity index (χ2v) is 6.48. The molecule has 2 rings (SSSR count). The number of thioether (sulfide) groups is 1. The van der Waals surface area contributed by atoms with E-state index in [2.05, 4.69) is 16.2 Å². The van der Waals surface area contributed by atoms with Crippen molar-refractivity contribution < 1.29 is 4.79 Å². The van der Waals surface area contributed by atoms with Gasteiger partial charge in [0.2, 0.25) is 5.91 Å². The topological polar surface area (TPSA) is 64.0 Å². The molecule has 1 atom stereocenters. The zero-order valence-corrected chi connectivity index (χ0v) is 13.4. The zero-order chi connectivity index (χ0) is 15.4. The highest BCUT2D eigenvalue weighted by molar-refractivity contribution is 8.00. The summed E-state index contributed by atoms with van der Waals surface area (Å²) >= 11 is 2.64. The van der Waals surface area contributed by atoms with Crippen molar-refractivity contribution in [2.75, 3.05) is 6.54 Å². The fourth-order valence-electron chi connectivity index (χ4n) is 1.79. The number of rotatable bonds is 5. The van der Waals surface area contributed by atoms with E-state index < -0.39 is 0 Å². The standard InChI is InChI=1S/C14H15N3O2S2/c1-4-7-15-12(18)9(3)21-14-16-10-6-8-20-11(10)13(19)17(14)5-2/h1,6,8-9H,5,7H2,2-3H3,(H,15,18). The molecule has 1 unspecified atom stereocenters. The Kier molecular flexibility index (Phi) is 5.04. The maximum atomic E-state index is 12.4. The Morgan fingerprint density at radius 3 is 3.10 bits per heavy atom. The van der Waals surface area contributed by atoms with Gasteiger partial charge in [-0.15, -0.1) is 17.8 Å². The summed E-state index contributed by atoms with van der Waals surface area (Å²) in [6.45, 7) is 4.36. The van der Waals surface area contributed by atoms with E-state index in [0.29, 0.717) is 21.9 Å². The first kappa shape index (κ1) is 15.6. The molecule has 0 spiro atoms. The molecule has 0 aromatic carbocycles. The van der Waals surface area contributed by atoms with E-state index in [1.807, 2.05) is 18.4 Å². The van der Waals surface area contributed by atoms with E-state index in [4.69, 9.17) is 6.42 Å². The lowest BCUT2D eigenvalue weighted by Crippen LogP contribution is -2.32. The summed E-state index contributed by atoms with van der Waals surface area (Å²) in [5, 5.41) is 4.65. The van der Waals surface area contributed by atoms with Gasteiger partial charge in [-0.3, -0.25) is 14.2 Å². The SMILES string of the molecule is C#CCNC(=O)C(C)Sc1nc2ccsc2c(=O)n1CC. The summed E-state index contributed by atoms with van der Waals surface area (Å²) < 4.78 is 2.24. The maximum Gasteiger partial charge on any atom is 0.272 e. The van der Waals surface area contributed by atoms with Crippen LogP contribution in [-0.4, -0.2) is 27.3 Å². The van der Waals surface area contributed by atoms with Crippen molar-refractivity contribution in [1.29, 1.82) is 0 Å². The normalized spacial score (nSPS) is 12.0. The van der Waals surface area contributed by atoms with Crippen molar-refractivity contribution in [1.82, 2.24) is 14.9 Å². The van der Waals surface area contributed by atoms with Crippen LogP contribution < -0.4 is 10.9 Å². The van der Waals surface area contributed by atoms with Crippen LogP contribution in [0.25, 0.3) is 10.2 Å².